The highest BCUT2D eigenvalue weighted by Gasteiger charge is 2.13. The van der Waals surface area contributed by atoms with Crippen LogP contribution in [0.2, 0.25) is 5.02 Å². The molecule has 146 valence electrons. The molecular formula is C20H25ClN2O3S. The molecule has 0 unspecified atom stereocenters. The molecule has 0 saturated carbocycles. The summed E-state index contributed by atoms with van der Waals surface area (Å²) in [5.74, 6) is 0.378. The first-order valence-corrected chi connectivity index (χ1v) is 10.7. The Morgan fingerprint density at radius 3 is 2.41 bits per heavy atom. The van der Waals surface area contributed by atoms with Gasteiger partial charge < -0.3 is 5.32 Å². The lowest BCUT2D eigenvalue weighted by atomic mass is 10.0. The van der Waals surface area contributed by atoms with Crippen LogP contribution in [-0.2, 0) is 21.2 Å². The van der Waals surface area contributed by atoms with Gasteiger partial charge in [0.25, 0.3) is 0 Å². The minimum absolute atomic E-state index is 0.103. The van der Waals surface area contributed by atoms with Crippen LogP contribution in [0.15, 0.2) is 53.4 Å². The maximum Gasteiger partial charge on any atom is 0.240 e. The van der Waals surface area contributed by atoms with E-state index in [1.165, 1.54) is 17.7 Å². The van der Waals surface area contributed by atoms with Crippen molar-refractivity contribution in [1.82, 2.24) is 10.0 Å². The molecule has 0 fully saturated rings. The van der Waals surface area contributed by atoms with E-state index in [9.17, 15) is 13.2 Å². The summed E-state index contributed by atoms with van der Waals surface area (Å²) in [5, 5.41) is 3.08. The van der Waals surface area contributed by atoms with E-state index < -0.39 is 10.0 Å². The van der Waals surface area contributed by atoms with Crippen molar-refractivity contribution in [3.05, 3.63) is 64.7 Å². The second-order valence-electron chi connectivity index (χ2n) is 6.60. The molecule has 0 saturated heterocycles. The summed E-state index contributed by atoms with van der Waals surface area (Å²) >= 11 is 5.81. The SMILES string of the molecule is CC(C)c1ccc(CCC(=O)NCCNS(=O)(=O)c2cccc(Cl)c2)cc1. The van der Waals surface area contributed by atoms with Crippen molar-refractivity contribution >= 4 is 27.5 Å². The Balaban J connectivity index is 1.71. The van der Waals surface area contributed by atoms with Crippen molar-refractivity contribution in [3.8, 4) is 0 Å². The topological polar surface area (TPSA) is 75.3 Å². The van der Waals surface area contributed by atoms with Crippen molar-refractivity contribution in [3.63, 3.8) is 0 Å². The number of amides is 1. The molecule has 2 aromatic carbocycles. The monoisotopic (exact) mass is 408 g/mol. The van der Waals surface area contributed by atoms with Crippen LogP contribution >= 0.6 is 11.6 Å². The van der Waals surface area contributed by atoms with Gasteiger partial charge >= 0.3 is 0 Å². The molecule has 0 aliphatic heterocycles. The normalized spacial score (nSPS) is 11.6. The molecule has 0 aliphatic rings. The molecule has 2 N–H and O–H groups in total. The van der Waals surface area contributed by atoms with Crippen molar-refractivity contribution in [2.45, 2.75) is 37.5 Å². The zero-order valence-electron chi connectivity index (χ0n) is 15.5. The van der Waals surface area contributed by atoms with E-state index in [1.54, 1.807) is 12.1 Å². The second-order valence-corrected chi connectivity index (χ2v) is 8.80. The molecule has 2 aromatic rings. The number of aryl methyl sites for hydroxylation is 1. The molecule has 0 aliphatic carbocycles. The Morgan fingerprint density at radius 1 is 1.07 bits per heavy atom. The highest BCUT2D eigenvalue weighted by atomic mass is 35.5. The fraction of sp³-hybridized carbons (Fsp3) is 0.350. The van der Waals surface area contributed by atoms with Crippen LogP contribution in [0, 0.1) is 0 Å². The Morgan fingerprint density at radius 2 is 1.78 bits per heavy atom. The average molecular weight is 409 g/mol. The summed E-state index contributed by atoms with van der Waals surface area (Å²) in [5.41, 5.74) is 2.38. The smallest absolute Gasteiger partial charge is 0.240 e. The van der Waals surface area contributed by atoms with E-state index in [0.717, 1.165) is 5.56 Å². The standard InChI is InChI=1S/C20H25ClN2O3S/c1-15(2)17-9-6-16(7-10-17)8-11-20(24)22-12-13-23-27(25,26)19-5-3-4-18(21)14-19/h3-7,9-10,14-15,23H,8,11-13H2,1-2H3,(H,22,24). The van der Waals surface area contributed by atoms with E-state index >= 15 is 0 Å². The van der Waals surface area contributed by atoms with Crippen molar-refractivity contribution in [2.24, 2.45) is 0 Å². The van der Waals surface area contributed by atoms with Gasteiger partial charge in [0, 0.05) is 24.5 Å². The molecule has 7 heteroatoms. The average Bonchev–Trinajstić information content (AvgIpc) is 2.64. The van der Waals surface area contributed by atoms with Crippen LogP contribution in [0.25, 0.3) is 0 Å². The molecule has 5 nitrogen and oxygen atoms in total. The number of rotatable bonds is 9. The molecule has 0 spiro atoms. The van der Waals surface area contributed by atoms with Crippen molar-refractivity contribution in [1.29, 1.82) is 0 Å². The molecule has 0 atom stereocenters. The van der Waals surface area contributed by atoms with E-state index in [4.69, 9.17) is 11.6 Å². The third-order valence-corrected chi connectivity index (χ3v) is 5.83. The van der Waals surface area contributed by atoms with Gasteiger partial charge in [-0.05, 0) is 41.7 Å². The van der Waals surface area contributed by atoms with E-state index in [0.29, 0.717) is 23.8 Å². The van der Waals surface area contributed by atoms with E-state index in [-0.39, 0.29) is 23.9 Å². The Labute approximate surface area is 166 Å². The molecular weight excluding hydrogens is 384 g/mol. The third-order valence-electron chi connectivity index (χ3n) is 4.13. The Hall–Kier alpha value is -1.89. The van der Waals surface area contributed by atoms with Crippen molar-refractivity contribution < 1.29 is 13.2 Å². The summed E-state index contributed by atoms with van der Waals surface area (Å²) in [6, 6.07) is 14.3. The van der Waals surface area contributed by atoms with Crippen LogP contribution in [0.1, 0.15) is 37.3 Å². The maximum absolute atomic E-state index is 12.1. The molecule has 2 rings (SSSR count). The number of carbonyl (C=O) groups excluding carboxylic acids is 1. The number of nitrogens with one attached hydrogen (secondary N) is 2. The summed E-state index contributed by atoms with van der Waals surface area (Å²) in [6.07, 6.45) is 1.01. The molecule has 0 heterocycles. The molecule has 0 bridgehead atoms. The van der Waals surface area contributed by atoms with Gasteiger partial charge in [0.05, 0.1) is 4.90 Å². The Kier molecular flexibility index (Phi) is 7.83. The highest BCUT2D eigenvalue weighted by molar-refractivity contribution is 7.89. The minimum Gasteiger partial charge on any atom is -0.355 e. The van der Waals surface area contributed by atoms with Gasteiger partial charge in [-0.3, -0.25) is 4.79 Å². The number of hydrogen-bond donors (Lipinski definition) is 2. The van der Waals surface area contributed by atoms with Gasteiger partial charge in [-0.25, -0.2) is 13.1 Å². The zero-order valence-corrected chi connectivity index (χ0v) is 17.1. The molecule has 0 radical (unpaired) electrons. The fourth-order valence-corrected chi connectivity index (χ4v) is 3.85. The Bertz CT molecular complexity index is 865. The van der Waals surface area contributed by atoms with Crippen LogP contribution < -0.4 is 10.0 Å². The first-order chi connectivity index (χ1) is 12.8. The lowest BCUT2D eigenvalue weighted by Gasteiger charge is -2.09. The lowest BCUT2D eigenvalue weighted by molar-refractivity contribution is -0.121. The van der Waals surface area contributed by atoms with Gasteiger partial charge in [0.15, 0.2) is 0 Å². The number of halogens is 1. The van der Waals surface area contributed by atoms with Gasteiger partial charge in [0.2, 0.25) is 15.9 Å². The van der Waals surface area contributed by atoms with Gasteiger partial charge in [0.1, 0.15) is 0 Å². The third kappa shape index (κ3) is 6.97. The number of benzene rings is 2. The molecule has 27 heavy (non-hydrogen) atoms. The maximum atomic E-state index is 12.1. The predicted octanol–water partition coefficient (Wildman–Crippen LogP) is 3.49. The quantitative estimate of drug-likeness (QED) is 0.623. The largest absolute Gasteiger partial charge is 0.355 e. The predicted molar refractivity (Wildman–Crippen MR) is 109 cm³/mol. The molecule has 0 aromatic heterocycles. The summed E-state index contributed by atoms with van der Waals surface area (Å²) in [6.45, 7) is 4.63. The number of sulfonamides is 1. The zero-order chi connectivity index (χ0) is 19.9. The van der Waals surface area contributed by atoms with Crippen LogP contribution in [0.3, 0.4) is 0 Å². The van der Waals surface area contributed by atoms with Gasteiger partial charge in [-0.1, -0.05) is 55.8 Å². The first-order valence-electron chi connectivity index (χ1n) is 8.89. The molecule has 1 amide bonds. The number of hydrogen-bond acceptors (Lipinski definition) is 3. The minimum atomic E-state index is -3.63. The summed E-state index contributed by atoms with van der Waals surface area (Å²) < 4.78 is 26.7. The van der Waals surface area contributed by atoms with Gasteiger partial charge in [-0.15, -0.1) is 0 Å². The summed E-state index contributed by atoms with van der Waals surface area (Å²) in [7, 11) is -3.63. The fourth-order valence-electron chi connectivity index (χ4n) is 2.52. The van der Waals surface area contributed by atoms with Gasteiger partial charge in [-0.2, -0.15) is 0 Å². The lowest BCUT2D eigenvalue weighted by Crippen LogP contribution is -2.34. The van der Waals surface area contributed by atoms with Crippen LogP contribution in [-0.4, -0.2) is 27.4 Å². The van der Waals surface area contributed by atoms with E-state index in [2.05, 4.69) is 36.0 Å². The highest BCUT2D eigenvalue weighted by Crippen LogP contribution is 2.16. The van der Waals surface area contributed by atoms with Crippen molar-refractivity contribution in [2.75, 3.05) is 13.1 Å². The second kappa shape index (κ2) is 9.88. The van der Waals surface area contributed by atoms with Crippen LogP contribution in [0.5, 0.6) is 0 Å². The summed E-state index contributed by atoms with van der Waals surface area (Å²) in [4.78, 5) is 12.0. The van der Waals surface area contributed by atoms with E-state index in [1.807, 2.05) is 12.1 Å². The number of carbonyl (C=O) groups is 1. The first kappa shape index (κ1) is 21.4. The van der Waals surface area contributed by atoms with Crippen LogP contribution in [0.4, 0.5) is 0 Å².